The number of aromatic nitrogens is 1. The maximum absolute atomic E-state index is 5.67. The fourth-order valence-corrected chi connectivity index (χ4v) is 1.44. The molecule has 82 valence electrons. The third kappa shape index (κ3) is 2.60. The molecule has 2 nitrogen and oxygen atoms in total. The van der Waals surface area contributed by atoms with Crippen LogP contribution in [0.3, 0.4) is 0 Å². The molecular weight excluding hydrogens is 198 g/mol. The molecule has 1 aromatic heterocycles. The Morgan fingerprint density at radius 3 is 2.56 bits per heavy atom. The van der Waals surface area contributed by atoms with E-state index in [-0.39, 0.29) is 0 Å². The summed E-state index contributed by atoms with van der Waals surface area (Å²) in [6.07, 6.45) is 1.77. The highest BCUT2D eigenvalue weighted by atomic mass is 16.5. The molecule has 0 aliphatic carbocycles. The number of hydrogen-bond acceptors (Lipinski definition) is 2. The number of benzene rings is 1. The zero-order chi connectivity index (χ0) is 11.4. The van der Waals surface area contributed by atoms with Gasteiger partial charge >= 0.3 is 0 Å². The zero-order valence-electron chi connectivity index (χ0n) is 9.60. The fraction of sp³-hybridized carbons (Fsp3) is 0.214. The Morgan fingerprint density at radius 2 is 1.88 bits per heavy atom. The molecular formula is C14H15NO. The lowest BCUT2D eigenvalue weighted by atomic mass is 10.2. The average Bonchev–Trinajstić information content (AvgIpc) is 2.32. The Balaban J connectivity index is 2.03. The molecule has 0 amide bonds. The second-order valence-electron chi connectivity index (χ2n) is 3.85. The molecule has 0 spiro atoms. The maximum Gasteiger partial charge on any atom is 0.138 e. The van der Waals surface area contributed by atoms with E-state index in [1.54, 1.807) is 6.20 Å². The minimum Gasteiger partial charge on any atom is -0.487 e. The highest BCUT2D eigenvalue weighted by molar-refractivity contribution is 5.27. The first-order valence-electron chi connectivity index (χ1n) is 5.35. The molecule has 2 heteroatoms. The summed E-state index contributed by atoms with van der Waals surface area (Å²) in [6, 6.07) is 12.1. The summed E-state index contributed by atoms with van der Waals surface area (Å²) in [5.74, 6) is 0.826. The number of aryl methyl sites for hydroxylation is 2. The van der Waals surface area contributed by atoms with Gasteiger partial charge in [-0.2, -0.15) is 0 Å². The Bertz CT molecular complexity index is 465. The lowest BCUT2D eigenvalue weighted by molar-refractivity contribution is 0.304. The van der Waals surface area contributed by atoms with Gasteiger partial charge in [-0.1, -0.05) is 30.3 Å². The van der Waals surface area contributed by atoms with Crippen LogP contribution in [0.15, 0.2) is 42.6 Å². The van der Waals surface area contributed by atoms with Crippen LogP contribution in [0, 0.1) is 13.8 Å². The van der Waals surface area contributed by atoms with Gasteiger partial charge < -0.3 is 4.74 Å². The van der Waals surface area contributed by atoms with Crippen LogP contribution in [0.1, 0.15) is 16.8 Å². The van der Waals surface area contributed by atoms with E-state index in [1.165, 1.54) is 5.56 Å². The largest absolute Gasteiger partial charge is 0.487 e. The summed E-state index contributed by atoms with van der Waals surface area (Å²) < 4.78 is 5.67. The summed E-state index contributed by atoms with van der Waals surface area (Å²) in [6.45, 7) is 4.62. The summed E-state index contributed by atoms with van der Waals surface area (Å²) >= 11 is 0. The van der Waals surface area contributed by atoms with Gasteiger partial charge in [0, 0.05) is 5.69 Å². The molecule has 0 bridgehead atoms. The minimum atomic E-state index is 0.588. The van der Waals surface area contributed by atoms with E-state index in [0.717, 1.165) is 17.0 Å². The van der Waals surface area contributed by atoms with Gasteiger partial charge in [-0.05, 0) is 31.0 Å². The molecule has 0 aliphatic rings. The van der Waals surface area contributed by atoms with Gasteiger partial charge in [0.25, 0.3) is 0 Å². The van der Waals surface area contributed by atoms with Crippen molar-refractivity contribution in [3.05, 3.63) is 59.4 Å². The smallest absolute Gasteiger partial charge is 0.138 e. The van der Waals surface area contributed by atoms with Crippen LogP contribution in [-0.2, 0) is 6.61 Å². The van der Waals surface area contributed by atoms with Gasteiger partial charge in [0.1, 0.15) is 12.4 Å². The van der Waals surface area contributed by atoms with Crippen molar-refractivity contribution in [1.29, 1.82) is 0 Å². The Labute approximate surface area is 95.9 Å². The van der Waals surface area contributed by atoms with Crippen LogP contribution >= 0.6 is 0 Å². The number of pyridine rings is 1. The van der Waals surface area contributed by atoms with Crippen LogP contribution in [0.5, 0.6) is 5.75 Å². The summed E-state index contributed by atoms with van der Waals surface area (Å²) in [5.41, 5.74) is 3.37. The molecule has 0 aliphatic heterocycles. The molecule has 2 rings (SSSR count). The lowest BCUT2D eigenvalue weighted by Crippen LogP contribution is -1.96. The van der Waals surface area contributed by atoms with Crippen LogP contribution < -0.4 is 4.74 Å². The van der Waals surface area contributed by atoms with E-state index in [0.29, 0.717) is 6.61 Å². The van der Waals surface area contributed by atoms with Crippen molar-refractivity contribution in [3.8, 4) is 5.75 Å². The normalized spacial score (nSPS) is 10.1. The van der Waals surface area contributed by atoms with E-state index in [9.17, 15) is 0 Å². The van der Waals surface area contributed by atoms with Gasteiger partial charge in [0.15, 0.2) is 0 Å². The van der Waals surface area contributed by atoms with E-state index < -0.39 is 0 Å². The Morgan fingerprint density at radius 1 is 1.12 bits per heavy atom. The van der Waals surface area contributed by atoms with Crippen molar-refractivity contribution in [3.63, 3.8) is 0 Å². The molecule has 1 heterocycles. The maximum atomic E-state index is 5.67. The van der Waals surface area contributed by atoms with Crippen molar-refractivity contribution in [1.82, 2.24) is 4.98 Å². The molecule has 0 N–H and O–H groups in total. The fourth-order valence-electron chi connectivity index (χ4n) is 1.44. The summed E-state index contributed by atoms with van der Waals surface area (Å²) in [5, 5.41) is 0. The summed E-state index contributed by atoms with van der Waals surface area (Å²) in [4.78, 5) is 4.27. The molecule has 1 aromatic carbocycles. The van der Waals surface area contributed by atoms with Gasteiger partial charge in [-0.15, -0.1) is 0 Å². The second-order valence-corrected chi connectivity index (χ2v) is 3.85. The molecule has 16 heavy (non-hydrogen) atoms. The van der Waals surface area contributed by atoms with Crippen LogP contribution in [0.4, 0.5) is 0 Å². The molecule has 2 aromatic rings. The number of rotatable bonds is 3. The Kier molecular flexibility index (Phi) is 3.20. The van der Waals surface area contributed by atoms with Crippen molar-refractivity contribution >= 4 is 0 Å². The van der Waals surface area contributed by atoms with Gasteiger partial charge in [-0.25, -0.2) is 0 Å². The quantitative estimate of drug-likeness (QED) is 0.780. The van der Waals surface area contributed by atoms with Crippen molar-refractivity contribution in [2.24, 2.45) is 0 Å². The Hall–Kier alpha value is -1.83. The number of nitrogens with zero attached hydrogens (tertiary/aromatic N) is 1. The van der Waals surface area contributed by atoms with Crippen molar-refractivity contribution < 1.29 is 4.74 Å². The first kappa shape index (κ1) is 10.7. The van der Waals surface area contributed by atoms with E-state index in [2.05, 4.69) is 17.1 Å². The van der Waals surface area contributed by atoms with Crippen LogP contribution in [0.25, 0.3) is 0 Å². The van der Waals surface area contributed by atoms with Crippen LogP contribution in [-0.4, -0.2) is 4.98 Å². The number of hydrogen-bond donors (Lipinski definition) is 0. The predicted molar refractivity (Wildman–Crippen MR) is 64.5 cm³/mol. The predicted octanol–water partition coefficient (Wildman–Crippen LogP) is 3.28. The third-order valence-electron chi connectivity index (χ3n) is 2.56. The second kappa shape index (κ2) is 4.79. The van der Waals surface area contributed by atoms with E-state index in [1.807, 2.05) is 38.1 Å². The third-order valence-corrected chi connectivity index (χ3v) is 2.56. The van der Waals surface area contributed by atoms with Crippen molar-refractivity contribution in [2.45, 2.75) is 20.5 Å². The lowest BCUT2D eigenvalue weighted by Gasteiger charge is -2.07. The molecule has 0 unspecified atom stereocenters. The highest BCUT2D eigenvalue weighted by Crippen LogP contribution is 2.15. The highest BCUT2D eigenvalue weighted by Gasteiger charge is 1.98. The zero-order valence-corrected chi connectivity index (χ0v) is 9.60. The van der Waals surface area contributed by atoms with Crippen LogP contribution in [0.2, 0.25) is 0 Å². The first-order valence-corrected chi connectivity index (χ1v) is 5.35. The van der Waals surface area contributed by atoms with E-state index >= 15 is 0 Å². The average molecular weight is 213 g/mol. The van der Waals surface area contributed by atoms with Crippen molar-refractivity contribution in [2.75, 3.05) is 0 Å². The standard InChI is InChI=1S/C14H15NO/c1-11-8-14(9-15-12(11)2)16-10-13-6-4-3-5-7-13/h3-9H,10H2,1-2H3. The molecule has 0 saturated carbocycles. The topological polar surface area (TPSA) is 22.1 Å². The first-order chi connectivity index (χ1) is 7.75. The monoisotopic (exact) mass is 213 g/mol. The number of ether oxygens (including phenoxy) is 1. The molecule has 0 fully saturated rings. The SMILES string of the molecule is Cc1cc(OCc2ccccc2)cnc1C. The van der Waals surface area contributed by atoms with Gasteiger partial charge in [0.05, 0.1) is 6.20 Å². The van der Waals surface area contributed by atoms with Gasteiger partial charge in [0.2, 0.25) is 0 Å². The summed E-state index contributed by atoms with van der Waals surface area (Å²) in [7, 11) is 0. The minimum absolute atomic E-state index is 0.588. The van der Waals surface area contributed by atoms with Gasteiger partial charge in [-0.3, -0.25) is 4.98 Å². The molecule has 0 radical (unpaired) electrons. The molecule has 0 saturated heterocycles. The van der Waals surface area contributed by atoms with E-state index in [4.69, 9.17) is 4.74 Å². The molecule has 0 atom stereocenters.